The van der Waals surface area contributed by atoms with Gasteiger partial charge >= 0.3 is 6.09 Å². The van der Waals surface area contributed by atoms with Crippen molar-refractivity contribution in [2.24, 2.45) is 5.16 Å². The zero-order valence-corrected chi connectivity index (χ0v) is 10.6. The molecule has 1 aliphatic rings. The first-order valence-electron chi connectivity index (χ1n) is 4.34. The zero-order chi connectivity index (χ0) is 11.9. The molecule has 5 nitrogen and oxygen atoms in total. The Bertz CT molecular complexity index is 238. The lowest BCUT2D eigenvalue weighted by Gasteiger charge is -2.13. The average Bonchev–Trinajstić information content (AvgIpc) is 2.47. The number of oxime groups is 1. The minimum absolute atomic E-state index is 0.00810. The largest absolute Gasteiger partial charge is 0.465 e. The van der Waals surface area contributed by atoms with Gasteiger partial charge in [0.1, 0.15) is 0 Å². The van der Waals surface area contributed by atoms with Crippen molar-refractivity contribution in [2.75, 3.05) is 12.8 Å². The molecule has 0 bridgehead atoms. The Hall–Kier alpha value is -0.560. The maximum absolute atomic E-state index is 9.26. The number of amides is 1. The van der Waals surface area contributed by atoms with Gasteiger partial charge in [0.05, 0.1) is 10.3 Å². The molecule has 1 amide bonds. The van der Waals surface area contributed by atoms with Crippen LogP contribution >= 0.6 is 23.5 Å². The number of carbonyl (C=O) groups is 1. The predicted octanol–water partition coefficient (Wildman–Crippen LogP) is 1.91. The summed E-state index contributed by atoms with van der Waals surface area (Å²) in [5.74, 6) is 1.15. The number of carboxylic acid groups (broad SMARTS) is 1. The number of hydrogen-bond donors (Lipinski definition) is 3. The molecular weight excluding hydrogens is 236 g/mol. The lowest BCUT2D eigenvalue weighted by molar-refractivity contribution is 0.197. The van der Waals surface area contributed by atoms with Crippen molar-refractivity contribution in [3.63, 3.8) is 0 Å². The molecule has 1 aliphatic heterocycles. The topological polar surface area (TPSA) is 81.9 Å². The Morgan fingerprint density at radius 3 is 2.53 bits per heavy atom. The zero-order valence-electron chi connectivity index (χ0n) is 8.93. The van der Waals surface area contributed by atoms with Crippen molar-refractivity contribution < 1.29 is 15.1 Å². The van der Waals surface area contributed by atoms with Crippen LogP contribution in [0.4, 0.5) is 4.79 Å². The molecule has 0 aliphatic carbocycles. The third kappa shape index (κ3) is 6.51. The molecule has 1 rings (SSSR count). The summed E-state index contributed by atoms with van der Waals surface area (Å²) < 4.78 is 0.00810. The van der Waals surface area contributed by atoms with Gasteiger partial charge in [0.25, 0.3) is 0 Å². The summed E-state index contributed by atoms with van der Waals surface area (Å²) >= 11 is 3.68. The van der Waals surface area contributed by atoms with Crippen LogP contribution in [0.15, 0.2) is 5.16 Å². The van der Waals surface area contributed by atoms with Crippen LogP contribution in [-0.2, 0) is 0 Å². The second-order valence-corrected chi connectivity index (χ2v) is 6.67. The van der Waals surface area contributed by atoms with Gasteiger partial charge in [0.2, 0.25) is 0 Å². The molecular formula is C8H16N2O3S2. The van der Waals surface area contributed by atoms with E-state index in [2.05, 4.69) is 19.0 Å². The summed E-state index contributed by atoms with van der Waals surface area (Å²) in [5, 5.41) is 21.6. The van der Waals surface area contributed by atoms with E-state index in [1.165, 1.54) is 7.05 Å². The summed E-state index contributed by atoms with van der Waals surface area (Å²) in [6.07, 6.45) is 0.608. The van der Waals surface area contributed by atoms with Gasteiger partial charge in [-0.05, 0) is 6.92 Å². The normalized spacial score (nSPS) is 29.7. The lowest BCUT2D eigenvalue weighted by Crippen LogP contribution is -2.13. The number of hydrogen-bond acceptors (Lipinski definition) is 5. The van der Waals surface area contributed by atoms with E-state index >= 15 is 0 Å². The maximum atomic E-state index is 9.26. The highest BCUT2D eigenvalue weighted by molar-refractivity contribution is 8.22. The van der Waals surface area contributed by atoms with Gasteiger partial charge in [-0.25, -0.2) is 4.79 Å². The molecule has 0 radical (unpaired) electrons. The predicted molar refractivity (Wildman–Crippen MR) is 65.3 cm³/mol. The van der Waals surface area contributed by atoms with Gasteiger partial charge in [-0.1, -0.05) is 12.1 Å². The minimum atomic E-state index is -0.995. The van der Waals surface area contributed by atoms with E-state index in [0.717, 1.165) is 5.75 Å². The summed E-state index contributed by atoms with van der Waals surface area (Å²) in [5.41, 5.74) is 0. The quantitative estimate of drug-likeness (QED) is 0.377. The van der Waals surface area contributed by atoms with E-state index in [1.54, 1.807) is 6.21 Å². The molecule has 7 heteroatoms. The van der Waals surface area contributed by atoms with Crippen LogP contribution in [0.1, 0.15) is 13.8 Å². The summed E-state index contributed by atoms with van der Waals surface area (Å²) in [6.45, 7) is 4.26. The number of rotatable bonds is 1. The highest BCUT2D eigenvalue weighted by Crippen LogP contribution is 2.46. The second-order valence-electron chi connectivity index (χ2n) is 3.06. The van der Waals surface area contributed by atoms with Crippen LogP contribution in [0, 0.1) is 0 Å². The van der Waals surface area contributed by atoms with Crippen molar-refractivity contribution >= 4 is 35.8 Å². The Kier molecular flexibility index (Phi) is 6.58. The van der Waals surface area contributed by atoms with Gasteiger partial charge in [0, 0.05) is 18.1 Å². The van der Waals surface area contributed by atoms with Crippen molar-refractivity contribution in [3.05, 3.63) is 0 Å². The fourth-order valence-electron chi connectivity index (χ4n) is 0.923. The molecule has 2 atom stereocenters. The van der Waals surface area contributed by atoms with Gasteiger partial charge in [0.15, 0.2) is 0 Å². The SMILES string of the molecule is CC1CSC(C)(C=NO)S1.CNC(=O)O. The van der Waals surface area contributed by atoms with Crippen LogP contribution in [0.3, 0.4) is 0 Å². The van der Waals surface area contributed by atoms with Gasteiger partial charge < -0.3 is 15.6 Å². The summed E-state index contributed by atoms with van der Waals surface area (Å²) in [6, 6.07) is 0. The summed E-state index contributed by atoms with van der Waals surface area (Å²) in [7, 11) is 1.35. The van der Waals surface area contributed by atoms with Crippen molar-refractivity contribution in [3.8, 4) is 0 Å². The van der Waals surface area contributed by atoms with Crippen LogP contribution < -0.4 is 5.32 Å². The maximum Gasteiger partial charge on any atom is 0.404 e. The lowest BCUT2D eigenvalue weighted by atomic mass is 10.5. The van der Waals surface area contributed by atoms with Gasteiger partial charge in [-0.15, -0.1) is 23.5 Å². The second kappa shape index (κ2) is 6.84. The molecule has 1 heterocycles. The molecule has 2 unspecified atom stereocenters. The third-order valence-corrected chi connectivity index (χ3v) is 4.89. The van der Waals surface area contributed by atoms with Crippen molar-refractivity contribution in [1.82, 2.24) is 5.32 Å². The van der Waals surface area contributed by atoms with E-state index in [9.17, 15) is 4.79 Å². The van der Waals surface area contributed by atoms with Crippen LogP contribution in [0.5, 0.6) is 0 Å². The molecule has 3 N–H and O–H groups in total. The van der Waals surface area contributed by atoms with E-state index in [0.29, 0.717) is 5.25 Å². The Balaban J connectivity index is 0.000000336. The first kappa shape index (κ1) is 14.4. The fraction of sp³-hybridized carbons (Fsp3) is 0.750. The Labute approximate surface area is 97.7 Å². The number of nitrogens with zero attached hydrogens (tertiary/aromatic N) is 1. The van der Waals surface area contributed by atoms with Crippen LogP contribution in [0.2, 0.25) is 0 Å². The third-order valence-electron chi connectivity index (χ3n) is 1.55. The standard InChI is InChI=1S/C6H11NOS2.C2H5NO2/c1-5-3-9-6(2,10-5)4-7-8;1-3-2(4)5/h4-5,8H,3H2,1-2H3;3H,1H3,(H,4,5). The molecule has 88 valence electrons. The minimum Gasteiger partial charge on any atom is -0.465 e. The highest BCUT2D eigenvalue weighted by Gasteiger charge is 2.33. The fourth-order valence-corrected chi connectivity index (χ4v) is 3.96. The van der Waals surface area contributed by atoms with Crippen molar-refractivity contribution in [1.29, 1.82) is 0 Å². The molecule has 1 fully saturated rings. The van der Waals surface area contributed by atoms with E-state index in [-0.39, 0.29) is 4.08 Å². The molecule has 0 saturated carbocycles. The Morgan fingerprint density at radius 1 is 1.73 bits per heavy atom. The van der Waals surface area contributed by atoms with E-state index < -0.39 is 6.09 Å². The molecule has 0 aromatic rings. The van der Waals surface area contributed by atoms with Gasteiger partial charge in [-0.2, -0.15) is 0 Å². The van der Waals surface area contributed by atoms with Crippen LogP contribution in [0.25, 0.3) is 0 Å². The van der Waals surface area contributed by atoms with Crippen molar-refractivity contribution in [2.45, 2.75) is 23.2 Å². The van der Waals surface area contributed by atoms with Gasteiger partial charge in [-0.3, -0.25) is 0 Å². The van der Waals surface area contributed by atoms with E-state index in [1.807, 2.05) is 28.8 Å². The first-order valence-corrected chi connectivity index (χ1v) is 6.21. The smallest absolute Gasteiger partial charge is 0.404 e. The molecule has 0 spiro atoms. The first-order chi connectivity index (χ1) is 6.93. The molecule has 1 saturated heterocycles. The number of thioether (sulfide) groups is 2. The monoisotopic (exact) mass is 252 g/mol. The average molecular weight is 252 g/mol. The van der Waals surface area contributed by atoms with E-state index in [4.69, 9.17) is 10.3 Å². The molecule has 15 heavy (non-hydrogen) atoms. The summed E-state index contributed by atoms with van der Waals surface area (Å²) in [4.78, 5) is 9.26. The molecule has 0 aromatic carbocycles. The highest BCUT2D eigenvalue weighted by atomic mass is 32.2. The van der Waals surface area contributed by atoms with Crippen LogP contribution in [-0.4, -0.2) is 44.8 Å². The number of nitrogens with one attached hydrogen (secondary N) is 1. The Morgan fingerprint density at radius 2 is 2.27 bits per heavy atom. The molecule has 0 aromatic heterocycles.